The third kappa shape index (κ3) is 4.87. The minimum Gasteiger partial charge on any atom is -0.507 e. The van der Waals surface area contributed by atoms with E-state index in [-0.39, 0.29) is 29.2 Å². The number of rotatable bonds is 6. The van der Waals surface area contributed by atoms with E-state index in [2.05, 4.69) is 30.9 Å². The van der Waals surface area contributed by atoms with Crippen LogP contribution in [0.5, 0.6) is 11.5 Å². The maximum Gasteiger partial charge on any atom is 0.310 e. The minimum absolute atomic E-state index is 0.102. The van der Waals surface area contributed by atoms with Crippen LogP contribution in [0.1, 0.15) is 72.1 Å². The molecule has 1 unspecified atom stereocenters. The van der Waals surface area contributed by atoms with Crippen molar-refractivity contribution < 1.29 is 24.2 Å². The Kier molecular flexibility index (Phi) is 7.08. The number of phenolic OH excluding ortho intramolecular Hbond substituents is 1. The summed E-state index contributed by atoms with van der Waals surface area (Å²) in [5.74, 6) is 0.680. The molecule has 4 rings (SSSR count). The number of carbonyl (C=O) groups is 2. The lowest BCUT2D eigenvalue weighted by atomic mass is 9.96. The largest absolute Gasteiger partial charge is 0.507 e. The molecule has 0 aliphatic carbocycles. The molecule has 180 valence electrons. The lowest BCUT2D eigenvalue weighted by Crippen LogP contribution is -2.39. The number of carbonyl (C=O) groups excluding carboxylic acids is 2. The third-order valence-corrected chi connectivity index (χ3v) is 6.63. The van der Waals surface area contributed by atoms with Crippen LogP contribution in [0.2, 0.25) is 0 Å². The number of allylic oxidation sites excluding steroid dienone is 1. The summed E-state index contributed by atoms with van der Waals surface area (Å²) in [5.41, 5.74) is 3.88. The van der Waals surface area contributed by atoms with Gasteiger partial charge in [0.2, 0.25) is 5.78 Å². The van der Waals surface area contributed by atoms with E-state index < -0.39 is 0 Å². The van der Waals surface area contributed by atoms with Crippen molar-refractivity contribution in [2.45, 2.75) is 53.0 Å². The van der Waals surface area contributed by atoms with Gasteiger partial charge in [-0.1, -0.05) is 38.1 Å². The molecule has 34 heavy (non-hydrogen) atoms. The molecule has 2 aromatic carbocycles. The molecule has 1 fully saturated rings. The van der Waals surface area contributed by atoms with Crippen LogP contribution < -0.4 is 4.74 Å². The van der Waals surface area contributed by atoms with Crippen LogP contribution in [-0.4, -0.2) is 41.5 Å². The highest BCUT2D eigenvalue weighted by molar-refractivity contribution is 6.15. The number of phenols is 1. The molecule has 6 heteroatoms. The molecule has 1 saturated heterocycles. The first kappa shape index (κ1) is 24.0. The van der Waals surface area contributed by atoms with Crippen LogP contribution in [-0.2, 0) is 16.1 Å². The van der Waals surface area contributed by atoms with Gasteiger partial charge in [0, 0.05) is 13.1 Å². The SMILES string of the molecule is CCOC(=O)C1CCCN(Cc2c(O)cc(C)c3c2O/C(=C\c2ccc(C(C)C)cc2)C3=O)C1. The average Bonchev–Trinajstić information content (AvgIpc) is 3.13. The van der Waals surface area contributed by atoms with Crippen molar-refractivity contribution in [2.75, 3.05) is 19.7 Å². The second kappa shape index (κ2) is 10.0. The number of benzene rings is 2. The van der Waals surface area contributed by atoms with Gasteiger partial charge in [-0.3, -0.25) is 14.5 Å². The molecule has 0 bridgehead atoms. The third-order valence-electron chi connectivity index (χ3n) is 6.63. The Bertz CT molecular complexity index is 1120. The molecule has 2 aliphatic heterocycles. The fraction of sp³-hybridized carbons (Fsp3) is 0.429. The summed E-state index contributed by atoms with van der Waals surface area (Å²) in [7, 11) is 0. The highest BCUT2D eigenvalue weighted by Gasteiger charge is 2.35. The first-order chi connectivity index (χ1) is 16.3. The summed E-state index contributed by atoms with van der Waals surface area (Å²) in [6.45, 7) is 10.0. The summed E-state index contributed by atoms with van der Waals surface area (Å²) in [6.07, 6.45) is 3.42. The molecule has 0 aromatic heterocycles. The van der Waals surface area contributed by atoms with Crippen LogP contribution in [0.3, 0.4) is 0 Å². The lowest BCUT2D eigenvalue weighted by Gasteiger charge is -2.31. The zero-order valence-electron chi connectivity index (χ0n) is 20.4. The lowest BCUT2D eigenvalue weighted by molar-refractivity contribution is -0.150. The van der Waals surface area contributed by atoms with Gasteiger partial charge in [0.25, 0.3) is 0 Å². The van der Waals surface area contributed by atoms with Gasteiger partial charge in [-0.05, 0) is 68.0 Å². The Morgan fingerprint density at radius 2 is 2.03 bits per heavy atom. The summed E-state index contributed by atoms with van der Waals surface area (Å²) in [5, 5.41) is 10.8. The van der Waals surface area contributed by atoms with E-state index in [9.17, 15) is 14.7 Å². The van der Waals surface area contributed by atoms with Gasteiger partial charge in [0.15, 0.2) is 5.76 Å². The molecule has 0 radical (unpaired) electrons. The number of aryl methyl sites for hydroxylation is 1. The molecule has 6 nitrogen and oxygen atoms in total. The summed E-state index contributed by atoms with van der Waals surface area (Å²) in [6, 6.07) is 9.71. The quantitative estimate of drug-likeness (QED) is 0.468. The van der Waals surface area contributed by atoms with Gasteiger partial charge in [0.05, 0.1) is 23.7 Å². The Balaban J connectivity index is 1.59. The molecule has 0 amide bonds. The Labute approximate surface area is 201 Å². The summed E-state index contributed by atoms with van der Waals surface area (Å²) < 4.78 is 11.3. The van der Waals surface area contributed by atoms with E-state index in [0.29, 0.717) is 48.1 Å². The molecular weight excluding hydrogens is 430 g/mol. The van der Waals surface area contributed by atoms with E-state index >= 15 is 0 Å². The second-order valence-electron chi connectivity index (χ2n) is 9.48. The van der Waals surface area contributed by atoms with Crippen molar-refractivity contribution in [2.24, 2.45) is 5.92 Å². The first-order valence-electron chi connectivity index (χ1n) is 12.1. The number of piperidine rings is 1. The highest BCUT2D eigenvalue weighted by Crippen LogP contribution is 2.42. The van der Waals surface area contributed by atoms with E-state index in [4.69, 9.17) is 9.47 Å². The number of fused-ring (bicyclic) bond motifs is 1. The number of Topliss-reactive ketones (excluding diaryl/α,β-unsaturated/α-hetero) is 1. The van der Waals surface area contributed by atoms with Crippen LogP contribution in [0.25, 0.3) is 6.08 Å². The number of hydrogen-bond acceptors (Lipinski definition) is 6. The zero-order chi connectivity index (χ0) is 24.4. The highest BCUT2D eigenvalue weighted by atomic mass is 16.5. The molecule has 2 aromatic rings. The standard InChI is InChI=1S/C28H33NO5/c1-5-33-28(32)21-7-6-12-29(15-21)16-22-23(30)13-18(4)25-26(31)24(34-27(22)25)14-19-8-10-20(11-9-19)17(2)3/h8-11,13-14,17,21,30H,5-7,12,15-16H2,1-4H3/b24-14-. The number of nitrogens with zero attached hydrogens (tertiary/aromatic N) is 1. The number of hydrogen-bond donors (Lipinski definition) is 1. The predicted molar refractivity (Wildman–Crippen MR) is 131 cm³/mol. The number of ketones is 1. The fourth-order valence-corrected chi connectivity index (χ4v) is 4.74. The van der Waals surface area contributed by atoms with Gasteiger partial charge in [-0.15, -0.1) is 0 Å². The summed E-state index contributed by atoms with van der Waals surface area (Å²) in [4.78, 5) is 27.6. The van der Waals surface area contributed by atoms with E-state index in [1.807, 2.05) is 26.0 Å². The molecule has 1 atom stereocenters. The van der Waals surface area contributed by atoms with Gasteiger partial charge in [-0.2, -0.15) is 0 Å². The van der Waals surface area contributed by atoms with E-state index in [1.54, 1.807) is 12.1 Å². The maximum absolute atomic E-state index is 13.2. The zero-order valence-corrected chi connectivity index (χ0v) is 20.4. The maximum atomic E-state index is 13.2. The molecule has 2 heterocycles. The van der Waals surface area contributed by atoms with Gasteiger partial charge in [-0.25, -0.2) is 0 Å². The number of esters is 1. The van der Waals surface area contributed by atoms with Crippen molar-refractivity contribution in [3.05, 3.63) is 63.9 Å². The number of aromatic hydroxyl groups is 1. The number of likely N-dealkylation sites (tertiary alicyclic amines) is 1. The topological polar surface area (TPSA) is 76.1 Å². The van der Waals surface area contributed by atoms with Crippen molar-refractivity contribution in [1.29, 1.82) is 0 Å². The fourth-order valence-electron chi connectivity index (χ4n) is 4.74. The van der Waals surface area contributed by atoms with Crippen molar-refractivity contribution in [1.82, 2.24) is 4.90 Å². The van der Waals surface area contributed by atoms with E-state index in [1.165, 1.54) is 5.56 Å². The Morgan fingerprint density at radius 1 is 1.29 bits per heavy atom. The Morgan fingerprint density at radius 3 is 2.71 bits per heavy atom. The van der Waals surface area contributed by atoms with Crippen LogP contribution in [0.4, 0.5) is 0 Å². The molecule has 2 aliphatic rings. The molecule has 0 saturated carbocycles. The minimum atomic E-state index is -0.179. The van der Waals surface area contributed by atoms with Crippen LogP contribution in [0.15, 0.2) is 36.1 Å². The Hall–Kier alpha value is -3.12. The monoisotopic (exact) mass is 463 g/mol. The van der Waals surface area contributed by atoms with Crippen LogP contribution >= 0.6 is 0 Å². The van der Waals surface area contributed by atoms with Crippen LogP contribution in [0, 0.1) is 12.8 Å². The van der Waals surface area contributed by atoms with Gasteiger partial charge in [0.1, 0.15) is 11.5 Å². The van der Waals surface area contributed by atoms with Gasteiger partial charge < -0.3 is 14.6 Å². The predicted octanol–water partition coefficient (Wildman–Crippen LogP) is 5.22. The first-order valence-corrected chi connectivity index (χ1v) is 12.1. The van der Waals surface area contributed by atoms with Crippen molar-refractivity contribution in [3.8, 4) is 11.5 Å². The second-order valence-corrected chi connectivity index (χ2v) is 9.48. The number of ether oxygens (including phenoxy) is 2. The van der Waals surface area contributed by atoms with Crippen molar-refractivity contribution >= 4 is 17.8 Å². The normalized spacial score (nSPS) is 19.4. The smallest absolute Gasteiger partial charge is 0.310 e. The summed E-state index contributed by atoms with van der Waals surface area (Å²) >= 11 is 0. The molecular formula is C28H33NO5. The molecule has 1 N–H and O–H groups in total. The van der Waals surface area contributed by atoms with E-state index in [0.717, 1.165) is 24.9 Å². The van der Waals surface area contributed by atoms with Crippen molar-refractivity contribution in [3.63, 3.8) is 0 Å². The average molecular weight is 464 g/mol. The van der Waals surface area contributed by atoms with Gasteiger partial charge >= 0.3 is 5.97 Å². The molecule has 0 spiro atoms.